The number of aromatic nitrogens is 1. The predicted octanol–water partition coefficient (Wildman–Crippen LogP) is 1.69. The van der Waals surface area contributed by atoms with Gasteiger partial charge in [0.05, 0.1) is 4.47 Å². The molecule has 0 saturated heterocycles. The van der Waals surface area contributed by atoms with E-state index in [1.165, 1.54) is 6.20 Å². The summed E-state index contributed by atoms with van der Waals surface area (Å²) in [7, 11) is 0. The SMILES string of the molecule is N[C@H](C(=O)O)c1ccnc(Br)c1Br. The van der Waals surface area contributed by atoms with Crippen LogP contribution in [0.5, 0.6) is 0 Å². The Morgan fingerprint density at radius 2 is 2.23 bits per heavy atom. The number of carbonyl (C=O) groups is 1. The molecule has 0 aliphatic heterocycles. The first-order valence-corrected chi connectivity index (χ1v) is 4.91. The maximum absolute atomic E-state index is 10.6. The number of carboxylic acids is 1. The Labute approximate surface area is 91.4 Å². The van der Waals surface area contributed by atoms with E-state index in [-0.39, 0.29) is 0 Å². The van der Waals surface area contributed by atoms with E-state index in [1.807, 2.05) is 0 Å². The minimum Gasteiger partial charge on any atom is -0.480 e. The molecule has 1 atom stereocenters. The van der Waals surface area contributed by atoms with E-state index in [2.05, 4.69) is 36.8 Å². The van der Waals surface area contributed by atoms with Crippen molar-refractivity contribution in [2.45, 2.75) is 6.04 Å². The summed E-state index contributed by atoms with van der Waals surface area (Å²) in [6.45, 7) is 0. The van der Waals surface area contributed by atoms with Crippen molar-refractivity contribution >= 4 is 37.8 Å². The fourth-order valence-corrected chi connectivity index (χ4v) is 1.63. The number of nitrogens with zero attached hydrogens (tertiary/aromatic N) is 1. The number of hydrogen-bond donors (Lipinski definition) is 2. The molecule has 3 N–H and O–H groups in total. The van der Waals surface area contributed by atoms with Crippen molar-refractivity contribution in [1.82, 2.24) is 4.98 Å². The molecule has 13 heavy (non-hydrogen) atoms. The standard InChI is InChI=1S/C7H6Br2N2O2/c8-4-3(5(10)7(12)13)1-2-11-6(4)9/h1-2,5H,10H2,(H,12,13)/t5-/m0/s1. The summed E-state index contributed by atoms with van der Waals surface area (Å²) in [5.41, 5.74) is 5.92. The van der Waals surface area contributed by atoms with Crippen LogP contribution >= 0.6 is 31.9 Å². The highest BCUT2D eigenvalue weighted by Gasteiger charge is 2.18. The molecule has 0 aromatic carbocycles. The molecule has 1 heterocycles. The zero-order valence-electron chi connectivity index (χ0n) is 6.37. The van der Waals surface area contributed by atoms with Crippen LogP contribution in [0.25, 0.3) is 0 Å². The Morgan fingerprint density at radius 3 is 2.77 bits per heavy atom. The van der Waals surface area contributed by atoms with Crippen molar-refractivity contribution in [1.29, 1.82) is 0 Å². The Hall–Kier alpha value is -0.460. The van der Waals surface area contributed by atoms with Crippen LogP contribution in [0.15, 0.2) is 21.3 Å². The van der Waals surface area contributed by atoms with Gasteiger partial charge in [-0.05, 0) is 43.5 Å². The third-order valence-corrected chi connectivity index (χ3v) is 3.44. The molecule has 0 aliphatic carbocycles. The molecule has 6 heteroatoms. The number of rotatable bonds is 2. The van der Waals surface area contributed by atoms with E-state index in [0.29, 0.717) is 14.6 Å². The highest BCUT2D eigenvalue weighted by atomic mass is 79.9. The van der Waals surface area contributed by atoms with Crippen molar-refractivity contribution in [3.8, 4) is 0 Å². The number of aliphatic carboxylic acids is 1. The number of nitrogens with two attached hydrogens (primary N) is 1. The van der Waals surface area contributed by atoms with E-state index in [9.17, 15) is 4.79 Å². The third-order valence-electron chi connectivity index (χ3n) is 1.48. The molecule has 1 aromatic rings. The van der Waals surface area contributed by atoms with Gasteiger partial charge in [0, 0.05) is 6.20 Å². The van der Waals surface area contributed by atoms with Gasteiger partial charge in [-0.25, -0.2) is 4.98 Å². The van der Waals surface area contributed by atoms with Gasteiger partial charge in [0.15, 0.2) is 0 Å². The highest BCUT2D eigenvalue weighted by Crippen LogP contribution is 2.27. The molecule has 0 radical (unpaired) electrons. The molecule has 1 aromatic heterocycles. The minimum absolute atomic E-state index is 0.495. The van der Waals surface area contributed by atoms with Crippen LogP contribution in [0.1, 0.15) is 11.6 Å². The molecule has 4 nitrogen and oxygen atoms in total. The van der Waals surface area contributed by atoms with Crippen LogP contribution in [-0.2, 0) is 4.79 Å². The monoisotopic (exact) mass is 308 g/mol. The molecule has 1 rings (SSSR count). The van der Waals surface area contributed by atoms with Crippen molar-refractivity contribution < 1.29 is 9.90 Å². The second kappa shape index (κ2) is 4.17. The average Bonchev–Trinajstić information content (AvgIpc) is 2.08. The molecular formula is C7H6Br2N2O2. The second-order valence-electron chi connectivity index (χ2n) is 2.32. The molecule has 70 valence electrons. The zero-order chi connectivity index (χ0) is 10.0. The van der Waals surface area contributed by atoms with Gasteiger partial charge < -0.3 is 10.8 Å². The van der Waals surface area contributed by atoms with Crippen molar-refractivity contribution in [2.24, 2.45) is 5.73 Å². The van der Waals surface area contributed by atoms with Gasteiger partial charge >= 0.3 is 5.97 Å². The van der Waals surface area contributed by atoms with Gasteiger partial charge in [-0.15, -0.1) is 0 Å². The third kappa shape index (κ3) is 2.26. The van der Waals surface area contributed by atoms with Gasteiger partial charge in [0.25, 0.3) is 0 Å². The summed E-state index contributed by atoms with van der Waals surface area (Å²) < 4.78 is 1.12. The van der Waals surface area contributed by atoms with E-state index in [0.717, 1.165) is 0 Å². The Bertz CT molecular complexity index is 343. The minimum atomic E-state index is -1.07. The summed E-state index contributed by atoms with van der Waals surface area (Å²) in [6, 6.07) is 0.529. The maximum Gasteiger partial charge on any atom is 0.325 e. The lowest BCUT2D eigenvalue weighted by Gasteiger charge is -2.09. The fraction of sp³-hybridized carbons (Fsp3) is 0.143. The zero-order valence-corrected chi connectivity index (χ0v) is 9.54. The second-order valence-corrected chi connectivity index (χ2v) is 3.87. The van der Waals surface area contributed by atoms with Gasteiger partial charge in [-0.2, -0.15) is 0 Å². The Morgan fingerprint density at radius 1 is 1.62 bits per heavy atom. The predicted molar refractivity (Wildman–Crippen MR) is 54.2 cm³/mol. The largest absolute Gasteiger partial charge is 0.480 e. The van der Waals surface area contributed by atoms with Crippen LogP contribution in [0.3, 0.4) is 0 Å². The van der Waals surface area contributed by atoms with Crippen LogP contribution in [0, 0.1) is 0 Å². The quantitative estimate of drug-likeness (QED) is 0.815. The number of carboxylic acid groups (broad SMARTS) is 1. The number of halogens is 2. The van der Waals surface area contributed by atoms with E-state index < -0.39 is 12.0 Å². The van der Waals surface area contributed by atoms with Crippen LogP contribution < -0.4 is 5.73 Å². The molecule has 0 aliphatic rings. The normalized spacial score (nSPS) is 12.5. The van der Waals surface area contributed by atoms with Crippen molar-refractivity contribution in [3.05, 3.63) is 26.9 Å². The molecule has 0 fully saturated rings. The lowest BCUT2D eigenvalue weighted by Crippen LogP contribution is -2.21. The van der Waals surface area contributed by atoms with Gasteiger partial charge in [-0.3, -0.25) is 4.79 Å². The molecular weight excluding hydrogens is 304 g/mol. The first kappa shape index (κ1) is 10.6. The summed E-state index contributed by atoms with van der Waals surface area (Å²) in [4.78, 5) is 14.5. The summed E-state index contributed by atoms with van der Waals surface area (Å²) >= 11 is 6.35. The van der Waals surface area contributed by atoms with Gasteiger partial charge in [0.2, 0.25) is 0 Å². The average molecular weight is 310 g/mol. The number of pyridine rings is 1. The highest BCUT2D eigenvalue weighted by molar-refractivity contribution is 9.13. The van der Waals surface area contributed by atoms with E-state index in [1.54, 1.807) is 6.07 Å². The van der Waals surface area contributed by atoms with E-state index in [4.69, 9.17) is 10.8 Å². The fourth-order valence-electron chi connectivity index (χ4n) is 0.805. The van der Waals surface area contributed by atoms with Crippen LogP contribution in [-0.4, -0.2) is 16.1 Å². The van der Waals surface area contributed by atoms with Crippen LogP contribution in [0.4, 0.5) is 0 Å². The molecule has 0 saturated carbocycles. The molecule has 0 spiro atoms. The lowest BCUT2D eigenvalue weighted by atomic mass is 10.1. The van der Waals surface area contributed by atoms with E-state index >= 15 is 0 Å². The molecule has 0 bridgehead atoms. The summed E-state index contributed by atoms with van der Waals surface area (Å²) in [5, 5.41) is 8.67. The number of hydrogen-bond acceptors (Lipinski definition) is 3. The van der Waals surface area contributed by atoms with Crippen LogP contribution in [0.2, 0.25) is 0 Å². The molecule has 0 amide bonds. The van der Waals surface area contributed by atoms with Crippen molar-refractivity contribution in [3.63, 3.8) is 0 Å². The lowest BCUT2D eigenvalue weighted by molar-refractivity contribution is -0.138. The Balaban J connectivity index is 3.15. The summed E-state index contributed by atoms with van der Waals surface area (Å²) in [6.07, 6.45) is 1.49. The first-order valence-electron chi connectivity index (χ1n) is 3.32. The topological polar surface area (TPSA) is 76.2 Å². The Kier molecular flexibility index (Phi) is 3.40. The summed E-state index contributed by atoms with van der Waals surface area (Å²) in [5.74, 6) is -1.07. The van der Waals surface area contributed by atoms with Crippen molar-refractivity contribution in [2.75, 3.05) is 0 Å². The first-order chi connectivity index (χ1) is 6.04. The smallest absolute Gasteiger partial charge is 0.325 e. The van der Waals surface area contributed by atoms with Gasteiger partial charge in [-0.1, -0.05) is 0 Å². The maximum atomic E-state index is 10.6. The molecule has 0 unspecified atom stereocenters. The van der Waals surface area contributed by atoms with Gasteiger partial charge in [0.1, 0.15) is 10.6 Å².